The van der Waals surface area contributed by atoms with Crippen LogP contribution in [-0.2, 0) is 4.79 Å². The molecule has 72 valence electrons. The van der Waals surface area contributed by atoms with Gasteiger partial charge in [-0.25, -0.2) is 9.69 Å². The normalized spacial score (nSPS) is 15.9. The number of amides is 3. The number of nitrogens with zero attached hydrogens (tertiary/aromatic N) is 1. The minimum absolute atomic E-state index is 0.0318. The molecule has 5 heteroatoms. The van der Waals surface area contributed by atoms with Crippen LogP contribution in [-0.4, -0.2) is 18.5 Å². The standard InChI is InChI=1S/C9H7ClN2O2/c10-6-3-1-2-4-7(6)12-8(13)5-11-9(12)14/h1-4H,5H2,(H,11,14). The number of hydrogen-bond acceptors (Lipinski definition) is 2. The number of halogens is 1. The second-order valence-electron chi connectivity index (χ2n) is 2.84. The fraction of sp³-hybridized carbons (Fsp3) is 0.111. The second-order valence-corrected chi connectivity index (χ2v) is 3.25. The van der Waals surface area contributed by atoms with Crippen LogP contribution in [0.1, 0.15) is 0 Å². The van der Waals surface area contributed by atoms with E-state index in [1.807, 2.05) is 0 Å². The summed E-state index contributed by atoms with van der Waals surface area (Å²) in [6.45, 7) is 0.0318. The Morgan fingerprint density at radius 3 is 2.57 bits per heavy atom. The van der Waals surface area contributed by atoms with Crippen molar-refractivity contribution in [1.29, 1.82) is 0 Å². The first kappa shape index (κ1) is 9.02. The molecule has 0 unspecified atom stereocenters. The van der Waals surface area contributed by atoms with Gasteiger partial charge in [0.15, 0.2) is 0 Å². The quantitative estimate of drug-likeness (QED) is 0.713. The second kappa shape index (κ2) is 3.31. The molecule has 0 atom stereocenters. The van der Waals surface area contributed by atoms with E-state index in [2.05, 4.69) is 5.32 Å². The summed E-state index contributed by atoms with van der Waals surface area (Å²) >= 11 is 5.86. The van der Waals surface area contributed by atoms with Gasteiger partial charge in [0, 0.05) is 0 Å². The van der Waals surface area contributed by atoms with E-state index in [4.69, 9.17) is 11.6 Å². The molecule has 2 rings (SSSR count). The van der Waals surface area contributed by atoms with Crippen LogP contribution in [0.15, 0.2) is 24.3 Å². The highest BCUT2D eigenvalue weighted by Gasteiger charge is 2.30. The van der Waals surface area contributed by atoms with E-state index in [1.54, 1.807) is 24.3 Å². The number of anilines is 1. The van der Waals surface area contributed by atoms with Crippen LogP contribution < -0.4 is 10.2 Å². The van der Waals surface area contributed by atoms with E-state index in [-0.39, 0.29) is 12.5 Å². The molecule has 0 aromatic heterocycles. The summed E-state index contributed by atoms with van der Waals surface area (Å²) in [4.78, 5) is 23.6. The lowest BCUT2D eigenvalue weighted by atomic mass is 10.3. The predicted octanol–water partition coefficient (Wildman–Crippen LogP) is 1.40. The Balaban J connectivity index is 2.44. The minimum Gasteiger partial charge on any atom is -0.328 e. The molecule has 0 spiro atoms. The van der Waals surface area contributed by atoms with Gasteiger partial charge in [0.1, 0.15) is 0 Å². The Bertz CT molecular complexity index is 390. The van der Waals surface area contributed by atoms with E-state index in [0.29, 0.717) is 10.7 Å². The van der Waals surface area contributed by atoms with Gasteiger partial charge in [0.05, 0.1) is 17.3 Å². The van der Waals surface area contributed by atoms with Crippen molar-refractivity contribution in [2.45, 2.75) is 0 Å². The summed E-state index contributed by atoms with van der Waals surface area (Å²) in [5, 5.41) is 2.81. The van der Waals surface area contributed by atoms with Crippen molar-refractivity contribution in [1.82, 2.24) is 5.32 Å². The molecule has 1 aromatic carbocycles. The SMILES string of the molecule is O=C1CNC(=O)N1c1ccccc1Cl. The van der Waals surface area contributed by atoms with Gasteiger partial charge in [0.25, 0.3) is 5.91 Å². The molecule has 4 nitrogen and oxygen atoms in total. The van der Waals surface area contributed by atoms with Gasteiger partial charge in [-0.2, -0.15) is 0 Å². The number of hydrogen-bond donors (Lipinski definition) is 1. The van der Waals surface area contributed by atoms with Crippen molar-refractivity contribution in [3.05, 3.63) is 29.3 Å². The lowest BCUT2D eigenvalue weighted by Crippen LogP contribution is -2.30. The molecule has 1 aliphatic rings. The average molecular weight is 211 g/mol. The van der Waals surface area contributed by atoms with Gasteiger partial charge in [-0.05, 0) is 12.1 Å². The van der Waals surface area contributed by atoms with Crippen LogP contribution in [0, 0.1) is 0 Å². The zero-order chi connectivity index (χ0) is 10.1. The minimum atomic E-state index is -0.428. The van der Waals surface area contributed by atoms with Crippen molar-refractivity contribution in [2.24, 2.45) is 0 Å². The van der Waals surface area contributed by atoms with Crippen LogP contribution >= 0.6 is 11.6 Å². The van der Waals surface area contributed by atoms with Gasteiger partial charge >= 0.3 is 6.03 Å². The Hall–Kier alpha value is -1.55. The number of urea groups is 1. The van der Waals surface area contributed by atoms with Crippen LogP contribution in [0.25, 0.3) is 0 Å². The summed E-state index contributed by atoms with van der Waals surface area (Å²) < 4.78 is 0. The lowest BCUT2D eigenvalue weighted by Gasteiger charge is -2.13. The molecule has 1 heterocycles. The summed E-state index contributed by atoms with van der Waals surface area (Å²) in [7, 11) is 0. The maximum Gasteiger partial charge on any atom is 0.329 e. The molecule has 0 aliphatic carbocycles. The molecule has 1 N–H and O–H groups in total. The number of para-hydroxylation sites is 1. The maximum absolute atomic E-state index is 11.3. The Morgan fingerprint density at radius 2 is 2.00 bits per heavy atom. The third kappa shape index (κ3) is 1.33. The molecule has 1 saturated heterocycles. The first-order chi connectivity index (χ1) is 6.70. The van der Waals surface area contributed by atoms with Gasteiger partial charge in [0.2, 0.25) is 0 Å². The van der Waals surface area contributed by atoms with E-state index in [0.717, 1.165) is 4.90 Å². The van der Waals surface area contributed by atoms with Crippen molar-refractivity contribution in [3.63, 3.8) is 0 Å². The van der Waals surface area contributed by atoms with Crippen LogP contribution in [0.3, 0.4) is 0 Å². The molecular weight excluding hydrogens is 204 g/mol. The fourth-order valence-corrected chi connectivity index (χ4v) is 1.52. The largest absolute Gasteiger partial charge is 0.329 e. The first-order valence-corrected chi connectivity index (χ1v) is 4.43. The van der Waals surface area contributed by atoms with Crippen molar-refractivity contribution >= 4 is 29.2 Å². The lowest BCUT2D eigenvalue weighted by molar-refractivity contribution is -0.115. The van der Waals surface area contributed by atoms with Gasteiger partial charge in [-0.1, -0.05) is 23.7 Å². The summed E-state index contributed by atoms with van der Waals surface area (Å²) in [6.07, 6.45) is 0. The number of rotatable bonds is 1. The van der Waals surface area contributed by atoms with Crippen LogP contribution in [0.5, 0.6) is 0 Å². The Morgan fingerprint density at radius 1 is 1.29 bits per heavy atom. The predicted molar refractivity (Wildman–Crippen MR) is 52.3 cm³/mol. The Labute approximate surface area is 85.5 Å². The molecule has 1 aliphatic heterocycles. The van der Waals surface area contributed by atoms with E-state index in [9.17, 15) is 9.59 Å². The number of carbonyl (C=O) groups excluding carboxylic acids is 2. The third-order valence-electron chi connectivity index (χ3n) is 1.94. The summed E-state index contributed by atoms with van der Waals surface area (Å²) in [5.41, 5.74) is 0.425. The highest BCUT2D eigenvalue weighted by molar-refractivity contribution is 6.35. The monoisotopic (exact) mass is 210 g/mol. The van der Waals surface area contributed by atoms with E-state index < -0.39 is 6.03 Å². The zero-order valence-corrected chi connectivity index (χ0v) is 7.91. The van der Waals surface area contributed by atoms with Crippen molar-refractivity contribution in [2.75, 3.05) is 11.4 Å². The van der Waals surface area contributed by atoms with E-state index in [1.165, 1.54) is 0 Å². The number of carbonyl (C=O) groups is 2. The molecule has 14 heavy (non-hydrogen) atoms. The van der Waals surface area contributed by atoms with E-state index >= 15 is 0 Å². The number of imide groups is 1. The van der Waals surface area contributed by atoms with Gasteiger partial charge in [-0.3, -0.25) is 4.79 Å². The third-order valence-corrected chi connectivity index (χ3v) is 2.26. The van der Waals surface area contributed by atoms with Gasteiger partial charge in [-0.15, -0.1) is 0 Å². The summed E-state index contributed by atoms with van der Waals surface area (Å²) in [5.74, 6) is -0.289. The highest BCUT2D eigenvalue weighted by Crippen LogP contribution is 2.26. The number of nitrogens with one attached hydrogen (secondary N) is 1. The first-order valence-electron chi connectivity index (χ1n) is 4.05. The topological polar surface area (TPSA) is 49.4 Å². The zero-order valence-electron chi connectivity index (χ0n) is 7.16. The smallest absolute Gasteiger partial charge is 0.328 e. The highest BCUT2D eigenvalue weighted by atomic mass is 35.5. The fourth-order valence-electron chi connectivity index (χ4n) is 1.30. The molecule has 3 amide bonds. The number of benzene rings is 1. The summed E-state index contributed by atoms with van der Waals surface area (Å²) in [6, 6.07) is 6.30. The molecule has 1 aromatic rings. The molecule has 0 saturated carbocycles. The molecular formula is C9H7ClN2O2. The van der Waals surface area contributed by atoms with Crippen molar-refractivity contribution in [3.8, 4) is 0 Å². The maximum atomic E-state index is 11.3. The van der Waals surface area contributed by atoms with Gasteiger partial charge < -0.3 is 5.32 Å². The van der Waals surface area contributed by atoms with Crippen molar-refractivity contribution < 1.29 is 9.59 Å². The Kier molecular flexibility index (Phi) is 2.13. The van der Waals surface area contributed by atoms with Crippen LogP contribution in [0.2, 0.25) is 5.02 Å². The molecule has 0 bridgehead atoms. The molecule has 0 radical (unpaired) electrons. The average Bonchev–Trinajstić information content (AvgIpc) is 2.48. The van der Waals surface area contributed by atoms with Crippen LogP contribution in [0.4, 0.5) is 10.5 Å². The molecule has 1 fully saturated rings.